The van der Waals surface area contributed by atoms with Crippen molar-refractivity contribution in [1.29, 1.82) is 0 Å². The molecule has 1 N–H and O–H groups in total. The van der Waals surface area contributed by atoms with Crippen LogP contribution in [0.25, 0.3) is 11.4 Å². The average Bonchev–Trinajstić information content (AvgIpc) is 3.38. The summed E-state index contributed by atoms with van der Waals surface area (Å²) in [6, 6.07) is 9.82. The van der Waals surface area contributed by atoms with Crippen molar-refractivity contribution in [3.63, 3.8) is 0 Å². The van der Waals surface area contributed by atoms with Crippen LogP contribution in [0.5, 0.6) is 0 Å². The fourth-order valence-electron chi connectivity index (χ4n) is 2.73. The van der Waals surface area contributed by atoms with E-state index >= 15 is 0 Å². The Labute approximate surface area is 147 Å². The lowest BCUT2D eigenvalue weighted by molar-refractivity contribution is 0.545. The topological polar surface area (TPSA) is 86.0 Å². The van der Waals surface area contributed by atoms with E-state index in [4.69, 9.17) is 0 Å². The summed E-state index contributed by atoms with van der Waals surface area (Å²) in [5.41, 5.74) is 0.725. The van der Waals surface area contributed by atoms with Crippen LogP contribution >= 0.6 is 0 Å². The summed E-state index contributed by atoms with van der Waals surface area (Å²) in [6.45, 7) is 2.34. The highest BCUT2D eigenvalue weighted by Gasteiger charge is 2.30. The van der Waals surface area contributed by atoms with Crippen LogP contribution < -0.4 is 10.4 Å². The Kier molecular flexibility index (Phi) is 5.39. The maximum Gasteiger partial charge on any atom is 0.346 e. The molecule has 0 aliphatic heterocycles. The highest BCUT2D eigenvalue weighted by molar-refractivity contribution is 7.89. The molecule has 1 fully saturated rings. The first-order valence-electron chi connectivity index (χ1n) is 8.74. The van der Waals surface area contributed by atoms with Gasteiger partial charge in [-0.3, -0.25) is 4.57 Å². The molecule has 0 spiro atoms. The van der Waals surface area contributed by atoms with Gasteiger partial charge < -0.3 is 0 Å². The van der Waals surface area contributed by atoms with Gasteiger partial charge in [0.2, 0.25) is 10.0 Å². The molecule has 8 heteroatoms. The molecular weight excluding hydrogens is 340 g/mol. The SMILES string of the molecule is CCCCS(=O)(=O)NCCn1nc(-c2ccccc2)n(C2CC2)c1=O. The van der Waals surface area contributed by atoms with Gasteiger partial charge in [0, 0.05) is 18.2 Å². The van der Waals surface area contributed by atoms with Gasteiger partial charge >= 0.3 is 5.69 Å². The maximum absolute atomic E-state index is 12.7. The molecule has 1 saturated carbocycles. The van der Waals surface area contributed by atoms with Crippen LogP contribution in [-0.2, 0) is 16.6 Å². The Hall–Kier alpha value is -1.93. The lowest BCUT2D eigenvalue weighted by Gasteiger charge is -2.05. The predicted octanol–water partition coefficient (Wildman–Crippen LogP) is 1.77. The molecule has 0 amide bonds. The van der Waals surface area contributed by atoms with Gasteiger partial charge in [0.1, 0.15) is 0 Å². The van der Waals surface area contributed by atoms with E-state index in [2.05, 4.69) is 9.82 Å². The van der Waals surface area contributed by atoms with Crippen molar-refractivity contribution in [1.82, 2.24) is 19.1 Å². The summed E-state index contributed by atoms with van der Waals surface area (Å²) >= 11 is 0. The summed E-state index contributed by atoms with van der Waals surface area (Å²) in [5.74, 6) is 0.770. The Bertz CT molecular complexity index is 867. The molecule has 1 aromatic heterocycles. The van der Waals surface area contributed by atoms with Crippen LogP contribution in [0.15, 0.2) is 35.1 Å². The second kappa shape index (κ2) is 7.53. The summed E-state index contributed by atoms with van der Waals surface area (Å²) in [5, 5.41) is 4.46. The number of nitrogens with zero attached hydrogens (tertiary/aromatic N) is 3. The van der Waals surface area contributed by atoms with E-state index in [0.29, 0.717) is 12.2 Å². The molecule has 1 aliphatic carbocycles. The van der Waals surface area contributed by atoms with Crippen molar-refractivity contribution >= 4 is 10.0 Å². The van der Waals surface area contributed by atoms with Crippen molar-refractivity contribution < 1.29 is 8.42 Å². The lowest BCUT2D eigenvalue weighted by Crippen LogP contribution is -2.33. The molecular formula is C17H24N4O3S. The molecule has 7 nitrogen and oxygen atoms in total. The first-order chi connectivity index (χ1) is 12.0. The molecule has 1 heterocycles. The van der Waals surface area contributed by atoms with Crippen molar-refractivity contribution in [2.75, 3.05) is 12.3 Å². The Morgan fingerprint density at radius 1 is 1.24 bits per heavy atom. The number of rotatable bonds is 9. The minimum Gasteiger partial charge on any atom is -0.272 e. The molecule has 3 rings (SSSR count). The van der Waals surface area contributed by atoms with E-state index in [1.807, 2.05) is 37.3 Å². The average molecular weight is 364 g/mol. The molecule has 0 radical (unpaired) electrons. The van der Waals surface area contributed by atoms with Crippen LogP contribution in [0, 0.1) is 0 Å². The maximum atomic E-state index is 12.7. The lowest BCUT2D eigenvalue weighted by atomic mass is 10.2. The number of hydrogen-bond donors (Lipinski definition) is 1. The number of aromatic nitrogens is 3. The second-order valence-corrected chi connectivity index (χ2v) is 8.29. The molecule has 0 saturated heterocycles. The van der Waals surface area contributed by atoms with E-state index < -0.39 is 10.0 Å². The summed E-state index contributed by atoms with van der Waals surface area (Å²) in [6.07, 6.45) is 3.42. The zero-order valence-electron chi connectivity index (χ0n) is 14.4. The van der Waals surface area contributed by atoms with E-state index in [1.54, 1.807) is 4.57 Å². The Morgan fingerprint density at radius 2 is 1.96 bits per heavy atom. The molecule has 136 valence electrons. The Morgan fingerprint density at radius 3 is 2.60 bits per heavy atom. The van der Waals surface area contributed by atoms with Gasteiger partial charge in [0.05, 0.1) is 12.3 Å². The number of benzene rings is 1. The van der Waals surface area contributed by atoms with Gasteiger partial charge in [-0.05, 0) is 19.3 Å². The van der Waals surface area contributed by atoms with Gasteiger partial charge in [0.15, 0.2) is 5.82 Å². The molecule has 1 aliphatic rings. The number of sulfonamides is 1. The number of hydrogen-bond acceptors (Lipinski definition) is 4. The van der Waals surface area contributed by atoms with Crippen LogP contribution in [0.1, 0.15) is 38.6 Å². The van der Waals surface area contributed by atoms with Crippen molar-refractivity contribution in [3.05, 3.63) is 40.8 Å². The fourth-order valence-corrected chi connectivity index (χ4v) is 3.94. The first-order valence-corrected chi connectivity index (χ1v) is 10.4. The molecule has 1 aromatic carbocycles. The van der Waals surface area contributed by atoms with Crippen LogP contribution in [0.2, 0.25) is 0 Å². The van der Waals surface area contributed by atoms with Gasteiger partial charge in [-0.1, -0.05) is 43.7 Å². The predicted molar refractivity (Wildman–Crippen MR) is 96.9 cm³/mol. The summed E-state index contributed by atoms with van der Waals surface area (Å²) in [7, 11) is -3.29. The standard InChI is InChI=1S/C17H24N4O3S/c1-2-3-13-25(23,24)18-11-12-20-17(22)21(15-9-10-15)16(19-20)14-7-5-4-6-8-14/h4-8,15,18H,2-3,9-13H2,1H3. The summed E-state index contributed by atoms with van der Waals surface area (Å²) < 4.78 is 29.4. The third-order valence-corrected chi connectivity index (χ3v) is 5.70. The minimum atomic E-state index is -3.29. The first kappa shape index (κ1) is 17.9. The largest absolute Gasteiger partial charge is 0.346 e. The third kappa shape index (κ3) is 4.38. The Balaban J connectivity index is 1.76. The van der Waals surface area contributed by atoms with E-state index in [0.717, 1.165) is 24.8 Å². The molecule has 25 heavy (non-hydrogen) atoms. The highest BCUT2D eigenvalue weighted by atomic mass is 32.2. The van der Waals surface area contributed by atoms with E-state index in [1.165, 1.54) is 4.68 Å². The van der Waals surface area contributed by atoms with Crippen molar-refractivity contribution in [2.45, 2.75) is 45.2 Å². The fraction of sp³-hybridized carbons (Fsp3) is 0.529. The normalized spacial score (nSPS) is 14.8. The minimum absolute atomic E-state index is 0.115. The van der Waals surface area contributed by atoms with Crippen LogP contribution in [-0.4, -0.2) is 35.1 Å². The number of nitrogens with one attached hydrogen (secondary N) is 1. The van der Waals surface area contributed by atoms with E-state index in [-0.39, 0.29) is 30.6 Å². The van der Waals surface area contributed by atoms with Crippen LogP contribution in [0.3, 0.4) is 0 Å². The third-order valence-electron chi connectivity index (χ3n) is 4.23. The molecule has 0 unspecified atom stereocenters. The zero-order valence-corrected chi connectivity index (χ0v) is 15.2. The van der Waals surface area contributed by atoms with Crippen LogP contribution in [0.4, 0.5) is 0 Å². The quantitative estimate of drug-likeness (QED) is 0.735. The van der Waals surface area contributed by atoms with Crippen molar-refractivity contribution in [2.24, 2.45) is 0 Å². The summed E-state index contributed by atoms with van der Waals surface area (Å²) in [4.78, 5) is 12.7. The monoisotopic (exact) mass is 364 g/mol. The molecule has 0 atom stereocenters. The number of unbranched alkanes of at least 4 members (excludes halogenated alkanes) is 1. The molecule has 2 aromatic rings. The van der Waals surface area contributed by atoms with E-state index in [9.17, 15) is 13.2 Å². The van der Waals surface area contributed by atoms with Gasteiger partial charge in [-0.2, -0.15) is 0 Å². The van der Waals surface area contributed by atoms with Gasteiger partial charge in [-0.25, -0.2) is 22.6 Å². The van der Waals surface area contributed by atoms with Gasteiger partial charge in [-0.15, -0.1) is 5.10 Å². The molecule has 0 bridgehead atoms. The smallest absolute Gasteiger partial charge is 0.272 e. The second-order valence-electron chi connectivity index (χ2n) is 6.36. The zero-order chi connectivity index (χ0) is 17.9. The highest BCUT2D eigenvalue weighted by Crippen LogP contribution is 2.36. The van der Waals surface area contributed by atoms with Crippen molar-refractivity contribution in [3.8, 4) is 11.4 Å². The van der Waals surface area contributed by atoms with Gasteiger partial charge in [0.25, 0.3) is 0 Å².